The Labute approximate surface area is 128 Å². The van der Waals surface area contributed by atoms with Crippen LogP contribution in [0.4, 0.5) is 17.6 Å². The molecule has 22 heavy (non-hydrogen) atoms. The van der Waals surface area contributed by atoms with Crippen LogP contribution in [0.1, 0.15) is 29.8 Å². The molecule has 1 rings (SSSR count). The molecule has 0 amide bonds. The van der Waals surface area contributed by atoms with Gasteiger partial charge in [0.15, 0.2) is 0 Å². The van der Waals surface area contributed by atoms with Gasteiger partial charge in [-0.2, -0.15) is 13.2 Å². The average molecular weight is 337 g/mol. The summed E-state index contributed by atoms with van der Waals surface area (Å²) in [6.45, 7) is 3.14. The first kappa shape index (κ1) is 18.0. The van der Waals surface area contributed by atoms with E-state index in [0.29, 0.717) is 6.07 Å². The molecule has 0 aliphatic heterocycles. The van der Waals surface area contributed by atoms with Crippen LogP contribution < -0.4 is 0 Å². The van der Waals surface area contributed by atoms with Crippen molar-refractivity contribution in [3.63, 3.8) is 0 Å². The quantitative estimate of drug-likeness (QED) is 0.471. The lowest BCUT2D eigenvalue weighted by atomic mass is 10.1. The van der Waals surface area contributed by atoms with Gasteiger partial charge in [-0.05, 0) is 31.9 Å². The molecule has 118 valence electrons. The first-order valence-electron chi connectivity index (χ1n) is 5.85. The first-order valence-corrected chi connectivity index (χ1v) is 6.23. The SMILES string of the molecule is CC(C)OC(=O)c1cc(C#CC(=O)C(F)(F)F)c(F)cc1Cl. The summed E-state index contributed by atoms with van der Waals surface area (Å²) in [5.41, 5.74) is -0.835. The summed E-state index contributed by atoms with van der Waals surface area (Å²) in [6, 6.07) is 1.54. The third kappa shape index (κ3) is 4.74. The van der Waals surface area contributed by atoms with Crippen LogP contribution in [0.25, 0.3) is 0 Å². The van der Waals surface area contributed by atoms with E-state index in [9.17, 15) is 27.2 Å². The number of hydrogen-bond donors (Lipinski definition) is 0. The molecule has 0 aromatic heterocycles. The molecular formula is C14H9ClF4O3. The van der Waals surface area contributed by atoms with E-state index in [-0.39, 0.29) is 10.6 Å². The maximum absolute atomic E-state index is 13.6. The number of esters is 1. The van der Waals surface area contributed by atoms with Crippen LogP contribution in [0.15, 0.2) is 12.1 Å². The number of alkyl halides is 3. The van der Waals surface area contributed by atoms with Gasteiger partial charge in [-0.25, -0.2) is 9.18 Å². The molecule has 0 bridgehead atoms. The van der Waals surface area contributed by atoms with Gasteiger partial charge in [0, 0.05) is 0 Å². The van der Waals surface area contributed by atoms with Crippen LogP contribution in [-0.2, 0) is 9.53 Å². The molecule has 0 unspecified atom stereocenters. The van der Waals surface area contributed by atoms with Gasteiger partial charge in [-0.1, -0.05) is 17.5 Å². The number of halogens is 5. The average Bonchev–Trinajstić information content (AvgIpc) is 2.35. The summed E-state index contributed by atoms with van der Waals surface area (Å²) in [6.07, 6.45) is -5.62. The molecule has 0 aliphatic rings. The zero-order valence-electron chi connectivity index (χ0n) is 11.3. The molecule has 8 heteroatoms. The van der Waals surface area contributed by atoms with Crippen molar-refractivity contribution in [3.05, 3.63) is 34.1 Å². The van der Waals surface area contributed by atoms with Crippen molar-refractivity contribution in [2.45, 2.75) is 26.1 Å². The lowest BCUT2D eigenvalue weighted by Crippen LogP contribution is -2.20. The van der Waals surface area contributed by atoms with E-state index in [2.05, 4.69) is 0 Å². The molecule has 0 heterocycles. The molecule has 0 spiro atoms. The van der Waals surface area contributed by atoms with E-state index in [0.717, 1.165) is 6.07 Å². The van der Waals surface area contributed by atoms with E-state index in [1.54, 1.807) is 19.8 Å². The minimum absolute atomic E-state index is 0.263. The smallest absolute Gasteiger partial charge is 0.459 e. The topological polar surface area (TPSA) is 43.4 Å². The molecule has 1 aromatic rings. The largest absolute Gasteiger partial charge is 0.462 e. The molecular weight excluding hydrogens is 328 g/mol. The maximum Gasteiger partial charge on any atom is 0.462 e. The van der Waals surface area contributed by atoms with Crippen molar-refractivity contribution in [2.24, 2.45) is 0 Å². The van der Waals surface area contributed by atoms with E-state index in [1.807, 2.05) is 0 Å². The molecule has 0 saturated heterocycles. The zero-order valence-corrected chi connectivity index (χ0v) is 12.1. The van der Waals surface area contributed by atoms with Gasteiger partial charge < -0.3 is 4.74 Å². The Balaban J connectivity index is 3.21. The number of rotatable bonds is 2. The third-order valence-corrected chi connectivity index (χ3v) is 2.50. The second kappa shape index (κ2) is 6.79. The zero-order chi connectivity index (χ0) is 17.1. The molecule has 3 nitrogen and oxygen atoms in total. The van der Waals surface area contributed by atoms with Crippen LogP contribution in [0.5, 0.6) is 0 Å². The standard InChI is InChI=1S/C14H9ClF4O3/c1-7(2)22-13(21)9-5-8(11(16)6-10(9)15)3-4-12(20)14(17,18)19/h5-7H,1-2H3. The molecule has 0 N–H and O–H groups in total. The first-order chi connectivity index (χ1) is 10.0. The van der Waals surface area contributed by atoms with Gasteiger partial charge in [0.1, 0.15) is 5.82 Å². The van der Waals surface area contributed by atoms with Crippen molar-refractivity contribution < 1.29 is 31.9 Å². The van der Waals surface area contributed by atoms with Gasteiger partial charge in [-0.3, -0.25) is 4.79 Å². The highest BCUT2D eigenvalue weighted by Crippen LogP contribution is 2.22. The summed E-state index contributed by atoms with van der Waals surface area (Å²) in [7, 11) is 0. The predicted molar refractivity (Wildman–Crippen MR) is 69.9 cm³/mol. The monoisotopic (exact) mass is 336 g/mol. The molecule has 0 saturated carbocycles. The number of hydrogen-bond acceptors (Lipinski definition) is 3. The van der Waals surface area contributed by atoms with Crippen LogP contribution in [0, 0.1) is 17.7 Å². The van der Waals surface area contributed by atoms with Crippen LogP contribution in [0.2, 0.25) is 5.02 Å². The van der Waals surface area contributed by atoms with Gasteiger partial charge in [-0.15, -0.1) is 0 Å². The second-order valence-electron chi connectivity index (χ2n) is 4.34. The fraction of sp³-hybridized carbons (Fsp3) is 0.286. The maximum atomic E-state index is 13.6. The highest BCUT2D eigenvalue weighted by atomic mass is 35.5. The summed E-state index contributed by atoms with van der Waals surface area (Å²) in [5, 5.41) is -0.282. The van der Waals surface area contributed by atoms with Crippen LogP contribution in [-0.4, -0.2) is 24.0 Å². The second-order valence-corrected chi connectivity index (χ2v) is 4.75. The number of benzene rings is 1. The van der Waals surface area contributed by atoms with E-state index < -0.39 is 35.4 Å². The summed E-state index contributed by atoms with van der Waals surface area (Å²) < 4.78 is 54.5. The van der Waals surface area contributed by atoms with E-state index in [1.165, 1.54) is 5.92 Å². The predicted octanol–water partition coefficient (Wildman–Crippen LogP) is 3.53. The van der Waals surface area contributed by atoms with Crippen molar-refractivity contribution in [1.82, 2.24) is 0 Å². The number of ketones is 1. The Morgan fingerprint density at radius 1 is 1.27 bits per heavy atom. The number of carbonyl (C=O) groups excluding carboxylic acids is 2. The fourth-order valence-corrected chi connectivity index (χ4v) is 1.50. The Hall–Kier alpha value is -2.07. The van der Waals surface area contributed by atoms with E-state index >= 15 is 0 Å². The van der Waals surface area contributed by atoms with Gasteiger partial charge in [0.05, 0.1) is 22.3 Å². The third-order valence-electron chi connectivity index (χ3n) is 2.19. The molecule has 0 aliphatic carbocycles. The minimum atomic E-state index is -5.14. The fourth-order valence-electron chi connectivity index (χ4n) is 1.27. The lowest BCUT2D eigenvalue weighted by molar-refractivity contribution is -0.164. The normalized spacial score (nSPS) is 10.9. The van der Waals surface area contributed by atoms with E-state index in [4.69, 9.17) is 16.3 Å². The van der Waals surface area contributed by atoms with Crippen molar-refractivity contribution in [1.29, 1.82) is 0 Å². The van der Waals surface area contributed by atoms with Crippen molar-refractivity contribution in [2.75, 3.05) is 0 Å². The van der Waals surface area contributed by atoms with Crippen molar-refractivity contribution in [3.8, 4) is 11.8 Å². The van der Waals surface area contributed by atoms with Crippen LogP contribution in [0.3, 0.4) is 0 Å². The van der Waals surface area contributed by atoms with Crippen LogP contribution >= 0.6 is 11.6 Å². The van der Waals surface area contributed by atoms with Gasteiger partial charge in [0.25, 0.3) is 0 Å². The summed E-state index contributed by atoms with van der Waals surface area (Å²) >= 11 is 5.68. The molecule has 0 atom stereocenters. The molecule has 0 radical (unpaired) electrons. The molecule has 0 fully saturated rings. The highest BCUT2D eigenvalue weighted by Gasteiger charge is 2.37. The summed E-state index contributed by atoms with van der Waals surface area (Å²) in [4.78, 5) is 22.4. The summed E-state index contributed by atoms with van der Waals surface area (Å²) in [5.74, 6) is -1.28. The highest BCUT2D eigenvalue weighted by molar-refractivity contribution is 6.33. The van der Waals surface area contributed by atoms with Gasteiger partial charge in [0.2, 0.25) is 0 Å². The van der Waals surface area contributed by atoms with Crippen molar-refractivity contribution >= 4 is 23.4 Å². The number of Topliss-reactive ketones (excluding diaryl/α,β-unsaturated/α-hetero) is 1. The van der Waals surface area contributed by atoms with Gasteiger partial charge >= 0.3 is 17.9 Å². The Morgan fingerprint density at radius 3 is 2.36 bits per heavy atom. The lowest BCUT2D eigenvalue weighted by Gasteiger charge is -2.09. The Kier molecular flexibility index (Phi) is 5.55. The molecule has 1 aromatic carbocycles. The Bertz CT molecular complexity index is 669. The number of carbonyl (C=O) groups is 2. The Morgan fingerprint density at radius 2 is 1.86 bits per heavy atom. The number of ether oxygens (including phenoxy) is 1. The minimum Gasteiger partial charge on any atom is -0.459 e.